The number of likely N-dealkylation sites (N-methyl/N-ethyl adjacent to an activating group) is 1. The molecule has 1 aromatic rings. The van der Waals surface area contributed by atoms with E-state index in [0.717, 1.165) is 25.0 Å². The van der Waals surface area contributed by atoms with Crippen molar-refractivity contribution in [2.75, 3.05) is 20.7 Å². The van der Waals surface area contributed by atoms with E-state index in [-0.39, 0.29) is 11.9 Å². The molecule has 0 heterocycles. The normalized spacial score (nSPS) is 17.0. The molecule has 1 saturated carbocycles. The van der Waals surface area contributed by atoms with Gasteiger partial charge in [-0.15, -0.1) is 0 Å². The van der Waals surface area contributed by atoms with Crippen molar-refractivity contribution in [1.29, 1.82) is 0 Å². The van der Waals surface area contributed by atoms with E-state index in [4.69, 9.17) is 4.74 Å². The van der Waals surface area contributed by atoms with E-state index in [1.54, 1.807) is 7.11 Å². The summed E-state index contributed by atoms with van der Waals surface area (Å²) >= 11 is 0. The highest BCUT2D eigenvalue weighted by atomic mass is 16.5. The predicted molar refractivity (Wildman–Crippen MR) is 93.8 cm³/mol. The lowest BCUT2D eigenvalue weighted by Crippen LogP contribution is -2.44. The van der Waals surface area contributed by atoms with Crippen LogP contribution in [0.3, 0.4) is 0 Å². The van der Waals surface area contributed by atoms with Gasteiger partial charge in [-0.2, -0.15) is 0 Å². The van der Waals surface area contributed by atoms with Gasteiger partial charge in [-0.1, -0.05) is 37.5 Å². The molecule has 1 aliphatic carbocycles. The van der Waals surface area contributed by atoms with Gasteiger partial charge < -0.3 is 10.1 Å². The first-order valence-electron chi connectivity index (χ1n) is 8.71. The number of carbonyl (C=O) groups excluding carboxylic acids is 1. The first-order valence-corrected chi connectivity index (χ1v) is 8.71. The minimum Gasteiger partial charge on any atom is -0.496 e. The monoisotopic (exact) mass is 318 g/mol. The number of nitrogens with zero attached hydrogens (tertiary/aromatic N) is 1. The third-order valence-electron chi connectivity index (χ3n) is 4.82. The summed E-state index contributed by atoms with van der Waals surface area (Å²) in [6.07, 6.45) is 6.92. The number of rotatable bonds is 7. The summed E-state index contributed by atoms with van der Waals surface area (Å²) < 4.78 is 5.41. The first kappa shape index (κ1) is 17.8. The Bertz CT molecular complexity index is 498. The fourth-order valence-electron chi connectivity index (χ4n) is 3.25. The second-order valence-electron chi connectivity index (χ2n) is 6.68. The van der Waals surface area contributed by atoms with Crippen molar-refractivity contribution in [1.82, 2.24) is 10.2 Å². The minimum atomic E-state index is 0.145. The van der Waals surface area contributed by atoms with E-state index in [9.17, 15) is 4.79 Å². The van der Waals surface area contributed by atoms with E-state index in [1.165, 1.54) is 24.8 Å². The highest BCUT2D eigenvalue weighted by Gasteiger charge is 2.19. The van der Waals surface area contributed by atoms with Gasteiger partial charge in [0, 0.05) is 12.1 Å². The molecule has 128 valence electrons. The Morgan fingerprint density at radius 1 is 1.30 bits per heavy atom. The van der Waals surface area contributed by atoms with Crippen molar-refractivity contribution in [3.05, 3.63) is 29.8 Å². The SMILES string of the molecule is COc1ccccc1C[C@@H](C)N(C)CC(=O)NC1CCCCC1. The summed E-state index contributed by atoms with van der Waals surface area (Å²) in [4.78, 5) is 14.3. The largest absolute Gasteiger partial charge is 0.496 e. The van der Waals surface area contributed by atoms with Crippen LogP contribution in [0.2, 0.25) is 0 Å². The summed E-state index contributed by atoms with van der Waals surface area (Å²) in [5.41, 5.74) is 1.18. The smallest absolute Gasteiger partial charge is 0.234 e. The molecular formula is C19H30N2O2. The Hall–Kier alpha value is -1.55. The highest BCUT2D eigenvalue weighted by Crippen LogP contribution is 2.20. The van der Waals surface area contributed by atoms with Gasteiger partial charge in [0.15, 0.2) is 0 Å². The molecule has 0 bridgehead atoms. The molecule has 1 amide bonds. The number of para-hydroxylation sites is 1. The van der Waals surface area contributed by atoms with E-state index in [1.807, 2.05) is 25.2 Å². The Labute approximate surface area is 140 Å². The molecule has 0 aliphatic heterocycles. The van der Waals surface area contributed by atoms with Gasteiger partial charge >= 0.3 is 0 Å². The summed E-state index contributed by atoms with van der Waals surface area (Å²) in [6.45, 7) is 2.60. The summed E-state index contributed by atoms with van der Waals surface area (Å²) in [7, 11) is 3.71. The fourth-order valence-corrected chi connectivity index (χ4v) is 3.25. The highest BCUT2D eigenvalue weighted by molar-refractivity contribution is 5.78. The van der Waals surface area contributed by atoms with Crippen LogP contribution in [0.15, 0.2) is 24.3 Å². The second-order valence-corrected chi connectivity index (χ2v) is 6.68. The average molecular weight is 318 g/mol. The van der Waals surface area contributed by atoms with Gasteiger partial charge in [0.25, 0.3) is 0 Å². The zero-order chi connectivity index (χ0) is 16.7. The molecule has 1 aliphatic rings. The number of methoxy groups -OCH3 is 1. The van der Waals surface area contributed by atoms with Gasteiger partial charge in [-0.05, 0) is 44.9 Å². The van der Waals surface area contributed by atoms with Crippen LogP contribution in [0, 0.1) is 0 Å². The van der Waals surface area contributed by atoms with E-state index in [0.29, 0.717) is 12.6 Å². The lowest BCUT2D eigenvalue weighted by Gasteiger charge is -2.27. The molecule has 23 heavy (non-hydrogen) atoms. The molecule has 1 atom stereocenters. The van der Waals surface area contributed by atoms with Crippen LogP contribution in [0.25, 0.3) is 0 Å². The standard InChI is InChI=1S/C19H30N2O2/c1-15(13-16-9-7-8-12-18(16)23-3)21(2)14-19(22)20-17-10-5-4-6-11-17/h7-9,12,15,17H,4-6,10-11,13-14H2,1-3H3,(H,20,22)/t15-/m1/s1. The Morgan fingerprint density at radius 2 is 2.00 bits per heavy atom. The average Bonchev–Trinajstić information content (AvgIpc) is 2.56. The van der Waals surface area contributed by atoms with Gasteiger partial charge in [0.1, 0.15) is 5.75 Å². The lowest BCUT2D eigenvalue weighted by molar-refractivity contribution is -0.123. The van der Waals surface area contributed by atoms with Crippen LogP contribution >= 0.6 is 0 Å². The van der Waals surface area contributed by atoms with Gasteiger partial charge in [-0.25, -0.2) is 0 Å². The Balaban J connectivity index is 1.81. The molecule has 4 heteroatoms. The summed E-state index contributed by atoms with van der Waals surface area (Å²) in [5, 5.41) is 3.19. The molecule has 1 N–H and O–H groups in total. The van der Waals surface area contributed by atoms with Crippen molar-refractivity contribution in [2.45, 2.75) is 57.5 Å². The molecule has 4 nitrogen and oxygen atoms in total. The number of amides is 1. The van der Waals surface area contributed by atoms with Crippen LogP contribution in [0.4, 0.5) is 0 Å². The van der Waals surface area contributed by atoms with Crippen molar-refractivity contribution in [3.8, 4) is 5.75 Å². The molecule has 0 unspecified atom stereocenters. The first-order chi connectivity index (χ1) is 11.1. The van der Waals surface area contributed by atoms with Gasteiger partial charge in [0.2, 0.25) is 5.91 Å². The van der Waals surface area contributed by atoms with Gasteiger partial charge in [0.05, 0.1) is 13.7 Å². The predicted octanol–water partition coefficient (Wildman–Crippen LogP) is 3.01. The van der Waals surface area contributed by atoms with Gasteiger partial charge in [-0.3, -0.25) is 9.69 Å². The Morgan fingerprint density at radius 3 is 2.70 bits per heavy atom. The zero-order valence-electron chi connectivity index (χ0n) is 14.7. The van der Waals surface area contributed by atoms with Crippen molar-refractivity contribution < 1.29 is 9.53 Å². The number of benzene rings is 1. The number of carbonyl (C=O) groups is 1. The second kappa shape index (κ2) is 8.92. The lowest BCUT2D eigenvalue weighted by atomic mass is 9.95. The van der Waals surface area contributed by atoms with Crippen LogP contribution in [-0.2, 0) is 11.2 Å². The molecule has 0 radical (unpaired) electrons. The molecule has 0 saturated heterocycles. The third-order valence-corrected chi connectivity index (χ3v) is 4.82. The van der Waals surface area contributed by atoms with E-state index in [2.05, 4.69) is 23.2 Å². The van der Waals surface area contributed by atoms with Crippen LogP contribution in [0.1, 0.15) is 44.6 Å². The minimum absolute atomic E-state index is 0.145. The maximum Gasteiger partial charge on any atom is 0.234 e. The quantitative estimate of drug-likeness (QED) is 0.840. The van der Waals surface area contributed by atoms with Crippen LogP contribution in [-0.4, -0.2) is 43.6 Å². The van der Waals surface area contributed by atoms with Crippen LogP contribution in [0.5, 0.6) is 5.75 Å². The molecule has 1 aromatic carbocycles. The molecule has 0 aromatic heterocycles. The maximum atomic E-state index is 12.2. The number of nitrogens with one attached hydrogen (secondary N) is 1. The summed E-state index contributed by atoms with van der Waals surface area (Å²) in [6, 6.07) is 8.75. The van der Waals surface area contributed by atoms with Crippen LogP contribution < -0.4 is 10.1 Å². The zero-order valence-corrected chi connectivity index (χ0v) is 14.7. The van der Waals surface area contributed by atoms with Crippen molar-refractivity contribution in [3.63, 3.8) is 0 Å². The van der Waals surface area contributed by atoms with E-state index < -0.39 is 0 Å². The topological polar surface area (TPSA) is 41.6 Å². The Kier molecular flexibility index (Phi) is 6.90. The molecule has 0 spiro atoms. The number of hydrogen-bond donors (Lipinski definition) is 1. The summed E-state index contributed by atoms with van der Waals surface area (Å²) in [5.74, 6) is 1.06. The fraction of sp³-hybridized carbons (Fsp3) is 0.632. The number of ether oxygens (including phenoxy) is 1. The number of hydrogen-bond acceptors (Lipinski definition) is 3. The van der Waals surface area contributed by atoms with E-state index >= 15 is 0 Å². The van der Waals surface area contributed by atoms with Crippen molar-refractivity contribution >= 4 is 5.91 Å². The third kappa shape index (κ3) is 5.54. The molecule has 1 fully saturated rings. The maximum absolute atomic E-state index is 12.2. The molecular weight excluding hydrogens is 288 g/mol. The molecule has 2 rings (SSSR count). The van der Waals surface area contributed by atoms with Crippen molar-refractivity contribution in [2.24, 2.45) is 0 Å².